The molecular formula is C20H18N2O3S. The van der Waals surface area contributed by atoms with Crippen molar-refractivity contribution in [3.8, 4) is 17.0 Å². The predicted molar refractivity (Wildman–Crippen MR) is 103 cm³/mol. The molecular weight excluding hydrogens is 348 g/mol. The molecule has 0 saturated carbocycles. The standard InChI is InChI=1S/C20H18N2O3S/c1-13-8-6-7-11-16(13)25-12-17(24)21-20-22-18(19(26-20)14(2)23)15-9-4-3-5-10-15/h3-11H,12H2,1-2H3,(H,21,22,24). The Kier molecular flexibility index (Phi) is 5.43. The van der Waals surface area contributed by atoms with Gasteiger partial charge in [-0.05, 0) is 18.6 Å². The van der Waals surface area contributed by atoms with Crippen molar-refractivity contribution in [3.63, 3.8) is 0 Å². The van der Waals surface area contributed by atoms with Crippen LogP contribution in [0.4, 0.5) is 5.13 Å². The van der Waals surface area contributed by atoms with E-state index in [0.717, 1.165) is 11.1 Å². The molecule has 0 aliphatic heterocycles. The van der Waals surface area contributed by atoms with Crippen molar-refractivity contribution in [2.75, 3.05) is 11.9 Å². The number of aromatic nitrogens is 1. The Balaban J connectivity index is 1.73. The van der Waals surface area contributed by atoms with Gasteiger partial charge < -0.3 is 4.74 Å². The van der Waals surface area contributed by atoms with Crippen LogP contribution in [-0.4, -0.2) is 23.3 Å². The molecule has 0 saturated heterocycles. The molecule has 0 aliphatic carbocycles. The number of rotatable bonds is 6. The molecule has 0 atom stereocenters. The highest BCUT2D eigenvalue weighted by Gasteiger charge is 2.18. The number of amides is 1. The van der Waals surface area contributed by atoms with Crippen molar-refractivity contribution in [2.45, 2.75) is 13.8 Å². The second kappa shape index (κ2) is 7.93. The van der Waals surface area contributed by atoms with Crippen LogP contribution >= 0.6 is 11.3 Å². The third kappa shape index (κ3) is 4.15. The second-order valence-corrected chi connectivity index (χ2v) is 6.72. The summed E-state index contributed by atoms with van der Waals surface area (Å²) in [6, 6.07) is 16.9. The first kappa shape index (κ1) is 17.8. The van der Waals surface area contributed by atoms with E-state index in [1.54, 1.807) is 0 Å². The Morgan fingerprint density at radius 1 is 1.08 bits per heavy atom. The van der Waals surface area contributed by atoms with Gasteiger partial charge in [0.25, 0.3) is 5.91 Å². The average Bonchev–Trinajstić information content (AvgIpc) is 3.06. The molecule has 1 N–H and O–H groups in total. The molecule has 5 nitrogen and oxygen atoms in total. The number of nitrogens with zero attached hydrogens (tertiary/aromatic N) is 1. The molecule has 1 heterocycles. The van der Waals surface area contributed by atoms with Crippen LogP contribution in [0, 0.1) is 6.92 Å². The molecule has 0 fully saturated rings. The SMILES string of the molecule is CC(=O)c1sc(NC(=O)COc2ccccc2C)nc1-c1ccccc1. The maximum absolute atomic E-state index is 12.2. The summed E-state index contributed by atoms with van der Waals surface area (Å²) in [5, 5.41) is 3.09. The summed E-state index contributed by atoms with van der Waals surface area (Å²) in [6.07, 6.45) is 0. The largest absolute Gasteiger partial charge is 0.483 e. The first-order valence-electron chi connectivity index (χ1n) is 8.10. The number of carbonyl (C=O) groups excluding carboxylic acids is 2. The number of nitrogens with one attached hydrogen (secondary N) is 1. The number of thiazole rings is 1. The molecule has 3 rings (SSSR count). The van der Waals surface area contributed by atoms with Crippen LogP contribution in [0.25, 0.3) is 11.3 Å². The van der Waals surface area contributed by atoms with E-state index in [0.29, 0.717) is 21.5 Å². The van der Waals surface area contributed by atoms with E-state index in [4.69, 9.17) is 4.74 Å². The van der Waals surface area contributed by atoms with Crippen LogP contribution in [-0.2, 0) is 4.79 Å². The molecule has 0 spiro atoms. The Labute approximate surface area is 155 Å². The minimum Gasteiger partial charge on any atom is -0.483 e. The third-order valence-electron chi connectivity index (χ3n) is 3.69. The van der Waals surface area contributed by atoms with E-state index in [1.165, 1.54) is 18.3 Å². The normalized spacial score (nSPS) is 10.4. The lowest BCUT2D eigenvalue weighted by atomic mass is 10.1. The summed E-state index contributed by atoms with van der Waals surface area (Å²) in [7, 11) is 0. The minimum atomic E-state index is -0.322. The van der Waals surface area contributed by atoms with E-state index >= 15 is 0 Å². The lowest BCUT2D eigenvalue weighted by Crippen LogP contribution is -2.20. The summed E-state index contributed by atoms with van der Waals surface area (Å²) in [5.41, 5.74) is 2.38. The van der Waals surface area contributed by atoms with Gasteiger partial charge in [0, 0.05) is 12.5 Å². The number of benzene rings is 2. The summed E-state index contributed by atoms with van der Waals surface area (Å²) in [4.78, 5) is 29.0. The van der Waals surface area contributed by atoms with Crippen LogP contribution in [0.5, 0.6) is 5.75 Å². The topological polar surface area (TPSA) is 68.3 Å². The second-order valence-electron chi connectivity index (χ2n) is 5.72. The van der Waals surface area contributed by atoms with Gasteiger partial charge in [0.2, 0.25) is 0 Å². The van der Waals surface area contributed by atoms with E-state index in [1.807, 2.05) is 61.5 Å². The number of Topliss-reactive ketones (excluding diaryl/α,β-unsaturated/α-hetero) is 1. The Morgan fingerprint density at radius 2 is 1.77 bits per heavy atom. The van der Waals surface area contributed by atoms with Gasteiger partial charge in [-0.1, -0.05) is 59.9 Å². The van der Waals surface area contributed by atoms with Gasteiger partial charge in [-0.25, -0.2) is 4.98 Å². The Bertz CT molecular complexity index is 935. The lowest BCUT2D eigenvalue weighted by Gasteiger charge is -2.08. The highest BCUT2D eigenvalue weighted by Crippen LogP contribution is 2.31. The molecule has 0 aliphatic rings. The molecule has 0 bridgehead atoms. The Morgan fingerprint density at radius 3 is 2.46 bits per heavy atom. The van der Waals surface area contributed by atoms with Gasteiger partial charge in [-0.15, -0.1) is 0 Å². The van der Waals surface area contributed by atoms with E-state index in [-0.39, 0.29) is 18.3 Å². The van der Waals surface area contributed by atoms with Gasteiger partial charge in [-0.2, -0.15) is 0 Å². The smallest absolute Gasteiger partial charge is 0.264 e. The summed E-state index contributed by atoms with van der Waals surface area (Å²) < 4.78 is 5.54. The maximum atomic E-state index is 12.2. The zero-order valence-electron chi connectivity index (χ0n) is 14.5. The van der Waals surface area contributed by atoms with Gasteiger partial charge >= 0.3 is 0 Å². The molecule has 26 heavy (non-hydrogen) atoms. The monoisotopic (exact) mass is 366 g/mol. The lowest BCUT2D eigenvalue weighted by molar-refractivity contribution is -0.118. The number of ketones is 1. The van der Waals surface area contributed by atoms with Crippen LogP contribution < -0.4 is 10.1 Å². The van der Waals surface area contributed by atoms with Crippen molar-refractivity contribution in [2.24, 2.45) is 0 Å². The van der Waals surface area contributed by atoms with E-state index < -0.39 is 0 Å². The third-order valence-corrected chi connectivity index (χ3v) is 4.76. The number of hydrogen-bond acceptors (Lipinski definition) is 5. The van der Waals surface area contributed by atoms with Crippen LogP contribution in [0.3, 0.4) is 0 Å². The molecule has 3 aromatic rings. The van der Waals surface area contributed by atoms with Crippen molar-refractivity contribution < 1.29 is 14.3 Å². The van der Waals surface area contributed by atoms with Crippen molar-refractivity contribution >= 4 is 28.2 Å². The molecule has 0 unspecified atom stereocenters. The number of carbonyl (C=O) groups is 2. The summed E-state index contributed by atoms with van der Waals surface area (Å²) in [5.74, 6) is 0.255. The van der Waals surface area contributed by atoms with Crippen molar-refractivity contribution in [1.29, 1.82) is 0 Å². The number of aryl methyl sites for hydroxylation is 1. The fraction of sp³-hybridized carbons (Fsp3) is 0.150. The fourth-order valence-electron chi connectivity index (χ4n) is 2.42. The van der Waals surface area contributed by atoms with Crippen LogP contribution in [0.2, 0.25) is 0 Å². The predicted octanol–water partition coefficient (Wildman–Crippen LogP) is 4.34. The van der Waals surface area contributed by atoms with Gasteiger partial charge in [0.1, 0.15) is 5.75 Å². The summed E-state index contributed by atoms with van der Waals surface area (Å²) >= 11 is 1.17. The molecule has 2 aromatic carbocycles. The molecule has 1 aromatic heterocycles. The first-order chi connectivity index (χ1) is 12.5. The number of ether oxygens (including phenoxy) is 1. The number of hydrogen-bond donors (Lipinski definition) is 1. The van der Waals surface area contributed by atoms with E-state index in [2.05, 4.69) is 10.3 Å². The Hall–Kier alpha value is -2.99. The van der Waals surface area contributed by atoms with Crippen LogP contribution in [0.15, 0.2) is 54.6 Å². The van der Waals surface area contributed by atoms with Crippen LogP contribution in [0.1, 0.15) is 22.2 Å². The quantitative estimate of drug-likeness (QED) is 0.659. The van der Waals surface area contributed by atoms with Crippen molar-refractivity contribution in [3.05, 3.63) is 65.0 Å². The highest BCUT2D eigenvalue weighted by atomic mass is 32.1. The zero-order chi connectivity index (χ0) is 18.5. The minimum absolute atomic E-state index is 0.0852. The number of anilines is 1. The molecule has 0 radical (unpaired) electrons. The highest BCUT2D eigenvalue weighted by molar-refractivity contribution is 7.18. The average molecular weight is 366 g/mol. The van der Waals surface area contributed by atoms with Gasteiger partial charge in [-0.3, -0.25) is 14.9 Å². The first-order valence-corrected chi connectivity index (χ1v) is 8.91. The summed E-state index contributed by atoms with van der Waals surface area (Å²) in [6.45, 7) is 3.28. The number of para-hydroxylation sites is 1. The fourth-order valence-corrected chi connectivity index (χ4v) is 3.32. The van der Waals surface area contributed by atoms with E-state index in [9.17, 15) is 9.59 Å². The molecule has 1 amide bonds. The maximum Gasteiger partial charge on any atom is 0.264 e. The van der Waals surface area contributed by atoms with Crippen molar-refractivity contribution in [1.82, 2.24) is 4.98 Å². The molecule has 132 valence electrons. The zero-order valence-corrected chi connectivity index (χ0v) is 15.3. The van der Waals surface area contributed by atoms with Gasteiger partial charge in [0.05, 0.1) is 10.6 Å². The molecule has 6 heteroatoms. The van der Waals surface area contributed by atoms with Gasteiger partial charge in [0.15, 0.2) is 17.5 Å².